The van der Waals surface area contributed by atoms with Crippen LogP contribution in [0.5, 0.6) is 0 Å². The number of hydrogen-bond acceptors (Lipinski definition) is 3. The van der Waals surface area contributed by atoms with Crippen LogP contribution in [0, 0.1) is 25.7 Å². The molecule has 166 valence electrons. The third-order valence-electron chi connectivity index (χ3n) is 6.93. The summed E-state index contributed by atoms with van der Waals surface area (Å²) >= 11 is 0. The van der Waals surface area contributed by atoms with Gasteiger partial charge in [0.2, 0.25) is 0 Å². The molecule has 2 aliphatic rings. The number of halogens is 2. The zero-order valence-corrected chi connectivity index (χ0v) is 20.1. The van der Waals surface area contributed by atoms with Gasteiger partial charge < -0.3 is 0 Å². The van der Waals surface area contributed by atoms with Crippen LogP contribution >= 0.6 is 24.8 Å². The average molecular weight is 459 g/mol. The Labute approximate surface area is 198 Å². The number of para-hydroxylation sites is 1. The van der Waals surface area contributed by atoms with Gasteiger partial charge in [-0.05, 0) is 50.4 Å². The highest BCUT2D eigenvalue weighted by atomic mass is 35.5. The third-order valence-corrected chi connectivity index (χ3v) is 6.93. The Kier molecular flexibility index (Phi) is 7.48. The molecule has 3 atom stereocenters. The molecule has 31 heavy (non-hydrogen) atoms. The smallest absolute Gasteiger partial charge is 0.0648 e. The molecule has 0 bridgehead atoms. The summed E-state index contributed by atoms with van der Waals surface area (Å²) in [6, 6.07) is 22.1. The number of fused-ring (bicyclic) bond motifs is 1. The lowest BCUT2D eigenvalue weighted by molar-refractivity contribution is 0.224. The van der Waals surface area contributed by atoms with Crippen LogP contribution in [-0.2, 0) is 6.54 Å². The van der Waals surface area contributed by atoms with Gasteiger partial charge in [-0.2, -0.15) is 5.10 Å². The molecule has 0 saturated carbocycles. The first-order valence-electron chi connectivity index (χ1n) is 10.7. The fourth-order valence-corrected chi connectivity index (χ4v) is 5.58. The molecule has 4 nitrogen and oxygen atoms in total. The Hall–Kier alpha value is -1.85. The number of aryl methyl sites for hydroxylation is 1. The summed E-state index contributed by atoms with van der Waals surface area (Å²) in [4.78, 5) is 5.22. The first kappa shape index (κ1) is 23.8. The van der Waals surface area contributed by atoms with E-state index in [1.807, 2.05) is 0 Å². The van der Waals surface area contributed by atoms with Crippen LogP contribution in [0.4, 0.5) is 0 Å². The first-order chi connectivity index (χ1) is 14.1. The number of benzene rings is 2. The van der Waals surface area contributed by atoms with Crippen molar-refractivity contribution in [1.29, 1.82) is 0 Å². The number of aromatic nitrogens is 2. The quantitative estimate of drug-likeness (QED) is 0.545. The zero-order chi connectivity index (χ0) is 20.0. The van der Waals surface area contributed by atoms with Crippen LogP contribution in [-0.4, -0.2) is 46.3 Å². The van der Waals surface area contributed by atoms with Crippen molar-refractivity contribution in [1.82, 2.24) is 19.6 Å². The largest absolute Gasteiger partial charge is 0.299 e. The number of nitrogens with zero attached hydrogens (tertiary/aromatic N) is 4. The maximum absolute atomic E-state index is 4.85. The zero-order valence-electron chi connectivity index (χ0n) is 18.4. The van der Waals surface area contributed by atoms with Crippen molar-refractivity contribution in [3.8, 4) is 5.69 Å². The molecule has 1 aromatic heterocycles. The second-order valence-electron chi connectivity index (χ2n) is 8.81. The predicted octanol–water partition coefficient (Wildman–Crippen LogP) is 5.07. The van der Waals surface area contributed by atoms with Crippen molar-refractivity contribution in [2.75, 3.05) is 26.7 Å². The SMILES string of the molecule is Cc1nn(-c2ccccc2)c(C)c1CN1C[C@@H]2CN(C)[C@@H](c3ccccc3)[C@@H]2C1.Cl.Cl. The van der Waals surface area contributed by atoms with E-state index < -0.39 is 0 Å². The van der Waals surface area contributed by atoms with E-state index >= 15 is 0 Å². The van der Waals surface area contributed by atoms with Crippen LogP contribution in [0.25, 0.3) is 5.69 Å². The van der Waals surface area contributed by atoms with Gasteiger partial charge in [-0.3, -0.25) is 9.80 Å². The van der Waals surface area contributed by atoms with Crippen molar-refractivity contribution in [2.24, 2.45) is 11.8 Å². The van der Waals surface area contributed by atoms with Gasteiger partial charge in [-0.15, -0.1) is 24.8 Å². The molecule has 2 fully saturated rings. The Morgan fingerprint density at radius 3 is 2.19 bits per heavy atom. The number of rotatable bonds is 4. The summed E-state index contributed by atoms with van der Waals surface area (Å²) < 4.78 is 2.10. The molecule has 0 radical (unpaired) electrons. The molecule has 0 amide bonds. The maximum Gasteiger partial charge on any atom is 0.0648 e. The van der Waals surface area contributed by atoms with Gasteiger partial charge in [0, 0.05) is 43.5 Å². The molecule has 6 heteroatoms. The van der Waals surface area contributed by atoms with Crippen LogP contribution < -0.4 is 0 Å². The number of hydrogen-bond donors (Lipinski definition) is 0. The molecule has 2 aliphatic heterocycles. The van der Waals surface area contributed by atoms with Gasteiger partial charge in [-0.25, -0.2) is 4.68 Å². The van der Waals surface area contributed by atoms with E-state index in [4.69, 9.17) is 5.10 Å². The Morgan fingerprint density at radius 2 is 1.52 bits per heavy atom. The molecular weight excluding hydrogens is 427 g/mol. The minimum Gasteiger partial charge on any atom is -0.299 e. The number of likely N-dealkylation sites (tertiary alicyclic amines) is 2. The highest BCUT2D eigenvalue weighted by Crippen LogP contribution is 2.44. The molecule has 2 saturated heterocycles. The van der Waals surface area contributed by atoms with E-state index in [1.54, 1.807) is 0 Å². The van der Waals surface area contributed by atoms with Gasteiger partial charge >= 0.3 is 0 Å². The summed E-state index contributed by atoms with van der Waals surface area (Å²) in [6.45, 7) is 8.92. The molecule has 0 unspecified atom stereocenters. The fourth-order valence-electron chi connectivity index (χ4n) is 5.58. The third kappa shape index (κ3) is 4.40. The average Bonchev–Trinajstić information content (AvgIpc) is 3.35. The van der Waals surface area contributed by atoms with Crippen molar-refractivity contribution in [3.05, 3.63) is 83.2 Å². The van der Waals surface area contributed by atoms with Gasteiger partial charge in [0.25, 0.3) is 0 Å². The van der Waals surface area contributed by atoms with Gasteiger partial charge in [0.15, 0.2) is 0 Å². The summed E-state index contributed by atoms with van der Waals surface area (Å²) in [5.41, 5.74) is 6.41. The summed E-state index contributed by atoms with van der Waals surface area (Å²) in [5.74, 6) is 1.47. The van der Waals surface area contributed by atoms with Crippen molar-refractivity contribution >= 4 is 24.8 Å². The van der Waals surface area contributed by atoms with Gasteiger partial charge in [-0.1, -0.05) is 48.5 Å². The summed E-state index contributed by atoms with van der Waals surface area (Å²) in [5, 5.41) is 4.85. The van der Waals surface area contributed by atoms with Gasteiger partial charge in [0.1, 0.15) is 0 Å². The molecule has 0 N–H and O–H groups in total. The van der Waals surface area contributed by atoms with Crippen molar-refractivity contribution in [2.45, 2.75) is 26.4 Å². The minimum absolute atomic E-state index is 0. The summed E-state index contributed by atoms with van der Waals surface area (Å²) in [6.07, 6.45) is 0. The van der Waals surface area contributed by atoms with Crippen LogP contribution in [0.1, 0.15) is 28.6 Å². The lowest BCUT2D eigenvalue weighted by atomic mass is 9.90. The standard InChI is InChI=1S/C25H30N4.2ClH/c1-18-23(19(2)29(26-18)22-12-8-5-9-13-22)16-28-15-21-14-27(3)25(24(21)17-28)20-10-6-4-7-11-20;;/h4-13,21,24-25H,14-17H2,1-3H3;2*1H/t21-,24+,25-;;/m0../s1. The fraction of sp³-hybridized carbons (Fsp3) is 0.400. The highest BCUT2D eigenvalue weighted by Gasteiger charge is 2.46. The molecule has 0 aliphatic carbocycles. The molecule has 3 heterocycles. The Bertz CT molecular complexity index is 990. The van der Waals surface area contributed by atoms with E-state index in [-0.39, 0.29) is 24.8 Å². The predicted molar refractivity (Wildman–Crippen MR) is 132 cm³/mol. The van der Waals surface area contributed by atoms with Crippen molar-refractivity contribution in [3.63, 3.8) is 0 Å². The van der Waals surface area contributed by atoms with E-state index in [0.717, 1.165) is 23.8 Å². The summed E-state index contributed by atoms with van der Waals surface area (Å²) in [7, 11) is 2.29. The van der Waals surface area contributed by atoms with Crippen molar-refractivity contribution < 1.29 is 0 Å². The second kappa shape index (κ2) is 9.74. The first-order valence-corrected chi connectivity index (χ1v) is 10.7. The van der Waals surface area contributed by atoms with E-state index in [2.05, 4.69) is 96.0 Å². The normalized spacial score (nSPS) is 23.3. The van der Waals surface area contributed by atoms with Crippen LogP contribution in [0.15, 0.2) is 60.7 Å². The monoisotopic (exact) mass is 458 g/mol. The second-order valence-corrected chi connectivity index (χ2v) is 8.81. The van der Waals surface area contributed by atoms with Gasteiger partial charge in [0.05, 0.1) is 11.4 Å². The van der Waals surface area contributed by atoms with E-state index in [0.29, 0.717) is 12.0 Å². The van der Waals surface area contributed by atoms with E-state index in [9.17, 15) is 0 Å². The Balaban J connectivity index is 0.00000136. The van der Waals surface area contributed by atoms with Crippen LogP contribution in [0.2, 0.25) is 0 Å². The lowest BCUT2D eigenvalue weighted by Gasteiger charge is -2.27. The minimum atomic E-state index is 0. The Morgan fingerprint density at radius 1 is 0.871 bits per heavy atom. The molecule has 3 aromatic rings. The molecule has 5 rings (SSSR count). The molecule has 2 aromatic carbocycles. The highest BCUT2D eigenvalue weighted by molar-refractivity contribution is 5.85. The maximum atomic E-state index is 4.85. The van der Waals surface area contributed by atoms with E-state index in [1.165, 1.54) is 36.5 Å². The van der Waals surface area contributed by atoms with Crippen LogP contribution in [0.3, 0.4) is 0 Å². The topological polar surface area (TPSA) is 24.3 Å². The molecule has 0 spiro atoms. The molecular formula is C25H32Cl2N4. The lowest BCUT2D eigenvalue weighted by Crippen LogP contribution is -2.29.